The van der Waals surface area contributed by atoms with Crippen LogP contribution in [0.2, 0.25) is 0 Å². The summed E-state index contributed by atoms with van der Waals surface area (Å²) >= 11 is 1.72. The van der Waals surface area contributed by atoms with Gasteiger partial charge in [-0.3, -0.25) is 9.69 Å². The number of carbonyl (C=O) groups excluding carboxylic acids is 1. The van der Waals surface area contributed by atoms with Crippen molar-refractivity contribution in [3.63, 3.8) is 0 Å². The Morgan fingerprint density at radius 2 is 1.95 bits per heavy atom. The van der Waals surface area contributed by atoms with Crippen LogP contribution in [0.4, 0.5) is 0 Å². The van der Waals surface area contributed by atoms with E-state index in [9.17, 15) is 4.79 Å². The molecule has 0 radical (unpaired) electrons. The molecular formula is C16H22ClNO2S. The Morgan fingerprint density at radius 1 is 1.29 bits per heavy atom. The van der Waals surface area contributed by atoms with E-state index in [-0.39, 0.29) is 18.2 Å². The predicted octanol–water partition coefficient (Wildman–Crippen LogP) is 3.13. The molecule has 0 aliphatic carbocycles. The van der Waals surface area contributed by atoms with Crippen LogP contribution >= 0.6 is 24.2 Å². The highest BCUT2D eigenvalue weighted by molar-refractivity contribution is 7.98. The number of benzene rings is 1. The third kappa shape index (κ3) is 6.66. The van der Waals surface area contributed by atoms with Crippen molar-refractivity contribution in [2.75, 3.05) is 39.1 Å². The maximum atomic E-state index is 11.8. The summed E-state index contributed by atoms with van der Waals surface area (Å²) in [6.07, 6.45) is 6.22. The van der Waals surface area contributed by atoms with Crippen LogP contribution in [0.5, 0.6) is 0 Å². The summed E-state index contributed by atoms with van der Waals surface area (Å²) in [5.74, 6) is 0.186. The maximum Gasteiger partial charge on any atom is 0.156 e. The Morgan fingerprint density at radius 3 is 2.57 bits per heavy atom. The zero-order valence-electron chi connectivity index (χ0n) is 12.3. The van der Waals surface area contributed by atoms with Crippen molar-refractivity contribution in [2.45, 2.75) is 11.3 Å². The quantitative estimate of drug-likeness (QED) is 0.593. The van der Waals surface area contributed by atoms with Crippen molar-refractivity contribution in [3.8, 4) is 0 Å². The van der Waals surface area contributed by atoms with E-state index in [0.717, 1.165) is 38.4 Å². The summed E-state index contributed by atoms with van der Waals surface area (Å²) in [4.78, 5) is 15.4. The van der Waals surface area contributed by atoms with Gasteiger partial charge >= 0.3 is 0 Å². The van der Waals surface area contributed by atoms with Crippen LogP contribution in [-0.4, -0.2) is 49.8 Å². The molecule has 1 aromatic rings. The van der Waals surface area contributed by atoms with Gasteiger partial charge in [0.05, 0.1) is 13.2 Å². The summed E-state index contributed by atoms with van der Waals surface area (Å²) in [5, 5.41) is 0. The summed E-state index contributed by atoms with van der Waals surface area (Å²) < 4.78 is 5.29. The van der Waals surface area contributed by atoms with E-state index in [2.05, 4.69) is 23.3 Å². The molecule has 1 aliphatic rings. The first-order valence-corrected chi connectivity index (χ1v) is 8.15. The van der Waals surface area contributed by atoms with Crippen LogP contribution in [0.1, 0.15) is 12.0 Å². The molecule has 1 saturated heterocycles. The zero-order valence-corrected chi connectivity index (χ0v) is 13.9. The average Bonchev–Trinajstić information content (AvgIpc) is 2.52. The van der Waals surface area contributed by atoms with Gasteiger partial charge in [-0.05, 0) is 30.0 Å². The van der Waals surface area contributed by atoms with Crippen LogP contribution in [0.15, 0.2) is 35.2 Å². The number of halogens is 1. The third-order valence-corrected chi connectivity index (χ3v) is 4.10. The van der Waals surface area contributed by atoms with Gasteiger partial charge in [0.25, 0.3) is 0 Å². The fraction of sp³-hybridized carbons (Fsp3) is 0.438. The summed E-state index contributed by atoms with van der Waals surface area (Å²) in [5.41, 5.74) is 1.07. The van der Waals surface area contributed by atoms with Gasteiger partial charge < -0.3 is 4.74 Å². The molecule has 1 heterocycles. The molecule has 0 aromatic heterocycles. The van der Waals surface area contributed by atoms with Crippen molar-refractivity contribution < 1.29 is 9.53 Å². The van der Waals surface area contributed by atoms with Crippen LogP contribution in [0.3, 0.4) is 0 Å². The number of rotatable bonds is 6. The lowest BCUT2D eigenvalue weighted by Gasteiger charge is -2.25. The van der Waals surface area contributed by atoms with Gasteiger partial charge in [0.1, 0.15) is 0 Å². The topological polar surface area (TPSA) is 29.5 Å². The third-order valence-electron chi connectivity index (χ3n) is 3.36. The molecule has 1 aromatic carbocycles. The molecule has 0 atom stereocenters. The smallest absolute Gasteiger partial charge is 0.156 e. The monoisotopic (exact) mass is 327 g/mol. The van der Waals surface area contributed by atoms with E-state index in [1.54, 1.807) is 17.8 Å². The van der Waals surface area contributed by atoms with Crippen LogP contribution in [0, 0.1) is 0 Å². The number of allylic oxidation sites excluding steroid dienone is 1. The molecular weight excluding hydrogens is 306 g/mol. The second-order valence-corrected chi connectivity index (χ2v) is 5.66. The molecule has 0 unspecified atom stereocenters. The molecule has 0 bridgehead atoms. The van der Waals surface area contributed by atoms with Crippen molar-refractivity contribution in [1.82, 2.24) is 4.90 Å². The number of hydrogen-bond acceptors (Lipinski definition) is 4. The second-order valence-electron chi connectivity index (χ2n) is 4.78. The highest BCUT2D eigenvalue weighted by Gasteiger charge is 2.10. The lowest BCUT2D eigenvalue weighted by molar-refractivity contribution is -0.115. The minimum atomic E-state index is 0. The number of carbonyl (C=O) groups is 1. The maximum absolute atomic E-state index is 11.8. The number of hydrogen-bond donors (Lipinski definition) is 0. The zero-order chi connectivity index (χ0) is 14.2. The Bertz CT molecular complexity index is 456. The Labute approximate surface area is 137 Å². The summed E-state index contributed by atoms with van der Waals surface area (Å²) in [6, 6.07) is 8.22. The van der Waals surface area contributed by atoms with E-state index in [1.807, 2.05) is 18.2 Å². The first-order chi connectivity index (χ1) is 9.78. The standard InChI is InChI=1S/C16H21NO2S.ClH/c1-20-16-6-3-14(4-7-16)2-5-15(18)8-9-17-10-12-19-13-11-17;/h2-7H,8-13H2,1H3;1H/b5-2+;. The van der Waals surface area contributed by atoms with Gasteiger partial charge in [0.15, 0.2) is 5.78 Å². The van der Waals surface area contributed by atoms with Crippen LogP contribution in [-0.2, 0) is 9.53 Å². The van der Waals surface area contributed by atoms with Gasteiger partial charge in [0, 0.05) is 31.0 Å². The van der Waals surface area contributed by atoms with Crippen molar-refractivity contribution in [1.29, 1.82) is 0 Å². The Hall–Kier alpha value is -0.810. The van der Waals surface area contributed by atoms with E-state index in [1.165, 1.54) is 4.90 Å². The van der Waals surface area contributed by atoms with E-state index in [4.69, 9.17) is 4.74 Å². The Balaban J connectivity index is 0.00000220. The molecule has 5 heteroatoms. The first kappa shape index (κ1) is 18.2. The van der Waals surface area contributed by atoms with Crippen LogP contribution < -0.4 is 0 Å². The SMILES string of the molecule is CSc1ccc(/C=C/C(=O)CCN2CCOCC2)cc1.Cl. The van der Waals surface area contributed by atoms with Gasteiger partial charge in [-0.1, -0.05) is 18.2 Å². The largest absolute Gasteiger partial charge is 0.379 e. The molecule has 0 saturated carbocycles. The normalized spacial score (nSPS) is 15.9. The lowest BCUT2D eigenvalue weighted by Crippen LogP contribution is -2.37. The minimum absolute atomic E-state index is 0. The van der Waals surface area contributed by atoms with Crippen molar-refractivity contribution >= 4 is 36.0 Å². The number of ketones is 1. The highest BCUT2D eigenvalue weighted by Crippen LogP contribution is 2.15. The van der Waals surface area contributed by atoms with Gasteiger partial charge in [0.2, 0.25) is 0 Å². The molecule has 1 aliphatic heterocycles. The van der Waals surface area contributed by atoms with E-state index >= 15 is 0 Å². The van der Waals surface area contributed by atoms with Crippen LogP contribution in [0.25, 0.3) is 6.08 Å². The second kappa shape index (κ2) is 10.0. The number of nitrogens with zero attached hydrogens (tertiary/aromatic N) is 1. The molecule has 0 amide bonds. The average molecular weight is 328 g/mol. The lowest BCUT2D eigenvalue weighted by atomic mass is 10.1. The van der Waals surface area contributed by atoms with E-state index < -0.39 is 0 Å². The van der Waals surface area contributed by atoms with E-state index in [0.29, 0.717) is 6.42 Å². The first-order valence-electron chi connectivity index (χ1n) is 6.93. The molecule has 21 heavy (non-hydrogen) atoms. The van der Waals surface area contributed by atoms with Crippen molar-refractivity contribution in [2.24, 2.45) is 0 Å². The summed E-state index contributed by atoms with van der Waals surface area (Å²) in [7, 11) is 0. The number of morpholine rings is 1. The van der Waals surface area contributed by atoms with Gasteiger partial charge in [-0.15, -0.1) is 24.2 Å². The van der Waals surface area contributed by atoms with Crippen molar-refractivity contribution in [3.05, 3.63) is 35.9 Å². The minimum Gasteiger partial charge on any atom is -0.379 e. The molecule has 116 valence electrons. The predicted molar refractivity (Wildman–Crippen MR) is 91.4 cm³/mol. The molecule has 1 fully saturated rings. The number of ether oxygens (including phenoxy) is 1. The van der Waals surface area contributed by atoms with Gasteiger partial charge in [-0.25, -0.2) is 0 Å². The molecule has 2 rings (SSSR count). The highest BCUT2D eigenvalue weighted by atomic mass is 35.5. The number of thioether (sulfide) groups is 1. The molecule has 0 N–H and O–H groups in total. The van der Waals surface area contributed by atoms with Gasteiger partial charge in [-0.2, -0.15) is 0 Å². The Kier molecular flexibility index (Phi) is 8.69. The summed E-state index contributed by atoms with van der Waals surface area (Å²) in [6.45, 7) is 4.27. The molecule has 3 nitrogen and oxygen atoms in total. The fourth-order valence-corrected chi connectivity index (χ4v) is 2.49. The fourth-order valence-electron chi connectivity index (χ4n) is 2.08. The molecule has 0 spiro atoms.